The molecule has 0 spiro atoms. The van der Waals surface area contributed by atoms with Crippen molar-refractivity contribution in [3.05, 3.63) is 0 Å². The summed E-state index contributed by atoms with van der Waals surface area (Å²) in [7, 11) is 0. The van der Waals surface area contributed by atoms with Crippen LogP contribution in [0.3, 0.4) is 0 Å². The molecule has 72 valence electrons. The molecular weight excluding hydrogens is 152 g/mol. The molecule has 0 rings (SSSR count). The molecule has 0 radical (unpaired) electrons. The van der Waals surface area contributed by atoms with Gasteiger partial charge in [-0.1, -0.05) is 27.2 Å². The van der Waals surface area contributed by atoms with Gasteiger partial charge in [-0.15, -0.1) is 0 Å². The topological polar surface area (TPSA) is 26.3 Å². The second kappa shape index (κ2) is 6.04. The molecule has 0 heterocycles. The van der Waals surface area contributed by atoms with E-state index in [1.165, 1.54) is 6.42 Å². The van der Waals surface area contributed by atoms with Gasteiger partial charge < -0.3 is 4.74 Å². The van der Waals surface area contributed by atoms with Gasteiger partial charge in [-0.25, -0.2) is 0 Å². The minimum absolute atomic E-state index is 0.0616. The second-order valence-corrected chi connectivity index (χ2v) is 3.64. The zero-order valence-corrected chi connectivity index (χ0v) is 8.54. The highest BCUT2D eigenvalue weighted by Crippen LogP contribution is 2.20. The summed E-state index contributed by atoms with van der Waals surface area (Å²) in [5.74, 6) is 1.34. The third kappa shape index (κ3) is 4.37. The molecule has 3 atom stereocenters. The maximum atomic E-state index is 10.0. The smallest absolute Gasteiger partial charge is 0.293 e. The Kier molecular flexibility index (Phi) is 5.77. The van der Waals surface area contributed by atoms with Crippen LogP contribution in [-0.2, 0) is 9.53 Å². The molecule has 3 unspecified atom stereocenters. The number of hydrogen-bond acceptors (Lipinski definition) is 2. The maximum absolute atomic E-state index is 10.0. The van der Waals surface area contributed by atoms with Crippen LogP contribution in [-0.4, -0.2) is 12.6 Å². The average Bonchev–Trinajstić information content (AvgIpc) is 2.03. The van der Waals surface area contributed by atoms with Crippen LogP contribution in [0.4, 0.5) is 0 Å². The van der Waals surface area contributed by atoms with E-state index in [0.29, 0.717) is 18.3 Å². The molecule has 0 N–H and O–H groups in total. The van der Waals surface area contributed by atoms with Crippen LogP contribution in [0.1, 0.15) is 40.5 Å². The largest absolute Gasteiger partial charge is 0.465 e. The van der Waals surface area contributed by atoms with Crippen molar-refractivity contribution < 1.29 is 9.53 Å². The van der Waals surface area contributed by atoms with Crippen LogP contribution in [0.2, 0.25) is 0 Å². The van der Waals surface area contributed by atoms with Gasteiger partial charge in [0.15, 0.2) is 0 Å². The Hall–Kier alpha value is -0.530. The molecule has 0 aromatic carbocycles. The molecule has 0 saturated carbocycles. The van der Waals surface area contributed by atoms with Crippen molar-refractivity contribution in [2.75, 3.05) is 0 Å². The molecule has 0 aliphatic heterocycles. The van der Waals surface area contributed by atoms with Gasteiger partial charge in [0.25, 0.3) is 6.47 Å². The minimum Gasteiger partial charge on any atom is -0.465 e. The van der Waals surface area contributed by atoms with Gasteiger partial charge in [0, 0.05) is 0 Å². The van der Waals surface area contributed by atoms with E-state index in [1.807, 2.05) is 6.92 Å². The fourth-order valence-electron chi connectivity index (χ4n) is 1.31. The predicted octanol–water partition coefficient (Wildman–Crippen LogP) is 2.62. The lowest BCUT2D eigenvalue weighted by molar-refractivity contribution is -0.133. The van der Waals surface area contributed by atoms with Gasteiger partial charge in [-0.3, -0.25) is 4.79 Å². The Morgan fingerprint density at radius 2 is 1.83 bits per heavy atom. The highest BCUT2D eigenvalue weighted by atomic mass is 16.5. The predicted molar refractivity (Wildman–Crippen MR) is 49.8 cm³/mol. The van der Waals surface area contributed by atoms with Crippen molar-refractivity contribution in [3.8, 4) is 0 Å². The van der Waals surface area contributed by atoms with E-state index >= 15 is 0 Å². The molecular formula is C10H20O2. The Morgan fingerprint density at radius 1 is 1.25 bits per heavy atom. The third-order valence-corrected chi connectivity index (χ3v) is 2.61. The lowest BCUT2D eigenvalue weighted by atomic mass is 9.89. The summed E-state index contributed by atoms with van der Waals surface area (Å²) in [6.45, 7) is 9.10. The first-order chi connectivity index (χ1) is 5.61. The van der Waals surface area contributed by atoms with E-state index in [1.54, 1.807) is 0 Å². The van der Waals surface area contributed by atoms with Crippen LogP contribution in [0.15, 0.2) is 0 Å². The number of hydrogen-bond donors (Lipinski definition) is 0. The molecule has 0 saturated heterocycles. The summed E-state index contributed by atoms with van der Waals surface area (Å²) < 4.78 is 4.83. The standard InChI is InChI=1S/C10H20O2/c1-5-8(2)9(3)6-10(4)12-7-11/h7-10H,5-6H2,1-4H3. The van der Waals surface area contributed by atoms with Crippen molar-refractivity contribution >= 4 is 6.47 Å². The number of rotatable bonds is 6. The van der Waals surface area contributed by atoms with E-state index < -0.39 is 0 Å². The van der Waals surface area contributed by atoms with Crippen LogP contribution in [0.5, 0.6) is 0 Å². The molecule has 0 aliphatic rings. The zero-order valence-electron chi connectivity index (χ0n) is 8.54. The summed E-state index contributed by atoms with van der Waals surface area (Å²) in [6.07, 6.45) is 2.22. The summed E-state index contributed by atoms with van der Waals surface area (Å²) in [5, 5.41) is 0. The highest BCUT2D eigenvalue weighted by Gasteiger charge is 2.14. The van der Waals surface area contributed by atoms with Crippen LogP contribution in [0, 0.1) is 11.8 Å². The van der Waals surface area contributed by atoms with Crippen LogP contribution >= 0.6 is 0 Å². The molecule has 0 aliphatic carbocycles. The SMILES string of the molecule is CCC(C)C(C)CC(C)OC=O. The van der Waals surface area contributed by atoms with E-state index in [0.717, 1.165) is 6.42 Å². The summed E-state index contributed by atoms with van der Waals surface area (Å²) in [4.78, 5) is 10.0. The minimum atomic E-state index is 0.0616. The lowest BCUT2D eigenvalue weighted by Crippen LogP contribution is -2.16. The first kappa shape index (κ1) is 11.5. The Balaban J connectivity index is 3.66. The third-order valence-electron chi connectivity index (χ3n) is 2.61. The summed E-state index contributed by atoms with van der Waals surface area (Å²) in [5.41, 5.74) is 0. The van der Waals surface area contributed by atoms with Gasteiger partial charge in [-0.2, -0.15) is 0 Å². The normalized spacial score (nSPS) is 18.0. The molecule has 12 heavy (non-hydrogen) atoms. The van der Waals surface area contributed by atoms with Gasteiger partial charge >= 0.3 is 0 Å². The average molecular weight is 172 g/mol. The molecule has 0 aromatic rings. The quantitative estimate of drug-likeness (QED) is 0.576. The molecule has 0 bridgehead atoms. The lowest BCUT2D eigenvalue weighted by Gasteiger charge is -2.20. The number of ether oxygens (including phenoxy) is 1. The fraction of sp³-hybridized carbons (Fsp3) is 0.900. The van der Waals surface area contributed by atoms with Crippen LogP contribution in [0.25, 0.3) is 0 Å². The number of carbonyl (C=O) groups excluding carboxylic acids is 1. The fourth-order valence-corrected chi connectivity index (χ4v) is 1.31. The zero-order chi connectivity index (χ0) is 9.56. The first-order valence-electron chi connectivity index (χ1n) is 4.70. The Morgan fingerprint density at radius 3 is 2.25 bits per heavy atom. The summed E-state index contributed by atoms with van der Waals surface area (Å²) in [6, 6.07) is 0. The van der Waals surface area contributed by atoms with Gasteiger partial charge in [0.2, 0.25) is 0 Å². The van der Waals surface area contributed by atoms with E-state index in [9.17, 15) is 4.79 Å². The highest BCUT2D eigenvalue weighted by molar-refractivity contribution is 5.37. The van der Waals surface area contributed by atoms with E-state index in [4.69, 9.17) is 4.74 Å². The monoisotopic (exact) mass is 172 g/mol. The Labute approximate surface area is 75.3 Å². The molecule has 0 fully saturated rings. The van der Waals surface area contributed by atoms with Crippen molar-refractivity contribution in [1.82, 2.24) is 0 Å². The molecule has 0 aromatic heterocycles. The van der Waals surface area contributed by atoms with Crippen LogP contribution < -0.4 is 0 Å². The maximum Gasteiger partial charge on any atom is 0.293 e. The van der Waals surface area contributed by atoms with Crippen molar-refractivity contribution in [2.45, 2.75) is 46.6 Å². The van der Waals surface area contributed by atoms with Gasteiger partial charge in [0.1, 0.15) is 0 Å². The first-order valence-corrected chi connectivity index (χ1v) is 4.70. The Bertz CT molecular complexity index is 123. The molecule has 0 amide bonds. The van der Waals surface area contributed by atoms with Crippen molar-refractivity contribution in [2.24, 2.45) is 11.8 Å². The molecule has 2 nitrogen and oxygen atoms in total. The van der Waals surface area contributed by atoms with Crippen molar-refractivity contribution in [3.63, 3.8) is 0 Å². The van der Waals surface area contributed by atoms with Gasteiger partial charge in [-0.05, 0) is 25.2 Å². The van der Waals surface area contributed by atoms with Gasteiger partial charge in [0.05, 0.1) is 6.10 Å². The van der Waals surface area contributed by atoms with Crippen molar-refractivity contribution in [1.29, 1.82) is 0 Å². The molecule has 2 heteroatoms. The summed E-state index contributed by atoms with van der Waals surface area (Å²) >= 11 is 0. The number of carbonyl (C=O) groups is 1. The van der Waals surface area contributed by atoms with E-state index in [-0.39, 0.29) is 6.10 Å². The van der Waals surface area contributed by atoms with E-state index in [2.05, 4.69) is 20.8 Å². The second-order valence-electron chi connectivity index (χ2n) is 3.64.